The summed E-state index contributed by atoms with van der Waals surface area (Å²) >= 11 is 0. The first kappa shape index (κ1) is 23.0. The van der Waals surface area contributed by atoms with Crippen LogP contribution in [0, 0.1) is 0 Å². The summed E-state index contributed by atoms with van der Waals surface area (Å²) in [6.07, 6.45) is 3.24. The van der Waals surface area contributed by atoms with Crippen LogP contribution in [-0.2, 0) is 4.74 Å². The highest BCUT2D eigenvalue weighted by molar-refractivity contribution is 6.31. The zero-order valence-electron chi connectivity index (χ0n) is 19.0. The summed E-state index contributed by atoms with van der Waals surface area (Å²) in [6.45, 7) is 4.31. The zero-order chi connectivity index (χ0) is 22.4. The molecule has 0 aliphatic heterocycles. The Morgan fingerprint density at radius 1 is 0.871 bits per heavy atom. The minimum Gasteiger partial charge on any atom is -0.384 e. The third kappa shape index (κ3) is 5.32. The lowest BCUT2D eigenvalue weighted by Gasteiger charge is -2.24. The summed E-state index contributed by atoms with van der Waals surface area (Å²) in [5.74, 6) is -0.202. The Morgan fingerprint density at radius 3 is 1.94 bits per heavy atom. The number of fused-ring (bicyclic) bond motifs is 2. The average molecular weight is 424 g/mol. The molecule has 6 nitrogen and oxygen atoms in total. The molecule has 2 aromatic rings. The number of likely N-dealkylation sites (N-methyl/N-ethyl adjacent to an activating group) is 1. The normalized spacial score (nSPS) is 13.7. The molecule has 0 saturated carbocycles. The molecule has 0 heterocycles. The number of hydrogen-bond acceptors (Lipinski definition) is 6. The maximum Gasteiger partial charge on any atom is 0.196 e. The Morgan fingerprint density at radius 2 is 1.42 bits per heavy atom. The van der Waals surface area contributed by atoms with E-state index in [2.05, 4.69) is 22.5 Å². The van der Waals surface area contributed by atoms with Crippen molar-refractivity contribution in [1.29, 1.82) is 0 Å². The number of unbranched alkanes of at least 4 members (excludes halogenated alkanes) is 1. The van der Waals surface area contributed by atoms with Crippen molar-refractivity contribution in [3.8, 4) is 0 Å². The monoisotopic (exact) mass is 423 g/mol. The highest BCUT2D eigenvalue weighted by Gasteiger charge is 2.33. The van der Waals surface area contributed by atoms with E-state index in [0.29, 0.717) is 34.5 Å². The van der Waals surface area contributed by atoms with E-state index < -0.39 is 0 Å². The standard InChI is InChI=1S/C25H33N3O3/c1-17(31-4)9-7-8-14-26-20-12-13-21(27-15-16-28(2)3)23-22(20)24(29)18-10-5-6-11-19(18)25(23)30/h5-6,10-13,17,26-27H,7-9,14-16H2,1-4H3. The number of methoxy groups -OCH3 is 1. The van der Waals surface area contributed by atoms with Crippen LogP contribution in [-0.4, -0.2) is 63.4 Å². The van der Waals surface area contributed by atoms with Crippen LogP contribution in [0.25, 0.3) is 0 Å². The molecule has 0 bridgehead atoms. The van der Waals surface area contributed by atoms with Gasteiger partial charge in [-0.1, -0.05) is 24.3 Å². The van der Waals surface area contributed by atoms with E-state index in [1.165, 1.54) is 0 Å². The number of nitrogens with one attached hydrogen (secondary N) is 2. The third-order valence-corrected chi connectivity index (χ3v) is 5.71. The topological polar surface area (TPSA) is 70.7 Å². The van der Waals surface area contributed by atoms with Crippen molar-refractivity contribution in [3.05, 3.63) is 58.7 Å². The van der Waals surface area contributed by atoms with Crippen LogP contribution >= 0.6 is 0 Å². The molecule has 2 aromatic carbocycles. The van der Waals surface area contributed by atoms with Gasteiger partial charge in [0.25, 0.3) is 0 Å². The zero-order valence-corrected chi connectivity index (χ0v) is 19.0. The number of ether oxygens (including phenoxy) is 1. The van der Waals surface area contributed by atoms with E-state index in [9.17, 15) is 9.59 Å². The molecular formula is C25H33N3O3. The minimum atomic E-state index is -0.102. The van der Waals surface area contributed by atoms with Crippen molar-refractivity contribution >= 4 is 22.9 Å². The largest absolute Gasteiger partial charge is 0.384 e. The minimum absolute atomic E-state index is 0.100. The Balaban J connectivity index is 1.86. The number of carbonyl (C=O) groups is 2. The van der Waals surface area contributed by atoms with E-state index in [-0.39, 0.29) is 17.7 Å². The molecule has 1 aliphatic rings. The Labute approximate surface area is 185 Å². The van der Waals surface area contributed by atoms with Crippen molar-refractivity contribution in [2.75, 3.05) is 51.5 Å². The number of rotatable bonds is 11. The van der Waals surface area contributed by atoms with Crippen LogP contribution < -0.4 is 10.6 Å². The molecule has 0 spiro atoms. The van der Waals surface area contributed by atoms with E-state index >= 15 is 0 Å². The van der Waals surface area contributed by atoms with Crippen molar-refractivity contribution in [2.24, 2.45) is 0 Å². The van der Waals surface area contributed by atoms with Crippen molar-refractivity contribution in [3.63, 3.8) is 0 Å². The first-order valence-electron chi connectivity index (χ1n) is 10.9. The molecule has 1 aliphatic carbocycles. The van der Waals surface area contributed by atoms with Gasteiger partial charge in [-0.3, -0.25) is 9.59 Å². The van der Waals surface area contributed by atoms with Gasteiger partial charge >= 0.3 is 0 Å². The lowest BCUT2D eigenvalue weighted by molar-refractivity contribution is 0.0980. The van der Waals surface area contributed by atoms with Crippen molar-refractivity contribution in [1.82, 2.24) is 4.90 Å². The van der Waals surface area contributed by atoms with Crippen LogP contribution in [0.4, 0.5) is 11.4 Å². The van der Waals surface area contributed by atoms with Crippen molar-refractivity contribution < 1.29 is 14.3 Å². The molecule has 0 aromatic heterocycles. The molecule has 31 heavy (non-hydrogen) atoms. The SMILES string of the molecule is COC(C)CCCCNc1ccc(NCCN(C)C)c2c1C(=O)c1ccccc1C2=O. The van der Waals surface area contributed by atoms with Gasteiger partial charge in [-0.05, 0) is 52.4 Å². The second-order valence-electron chi connectivity index (χ2n) is 8.31. The summed E-state index contributed by atoms with van der Waals surface area (Å²) in [7, 11) is 5.73. The van der Waals surface area contributed by atoms with Crippen LogP contribution in [0.2, 0.25) is 0 Å². The Bertz CT molecular complexity index is 940. The molecular weight excluding hydrogens is 390 g/mol. The summed E-state index contributed by atoms with van der Waals surface area (Å²) in [5.41, 5.74) is 3.33. The summed E-state index contributed by atoms with van der Waals surface area (Å²) < 4.78 is 5.30. The van der Waals surface area contributed by atoms with Crippen LogP contribution in [0.15, 0.2) is 36.4 Å². The van der Waals surface area contributed by atoms with Gasteiger partial charge in [0.2, 0.25) is 0 Å². The third-order valence-electron chi connectivity index (χ3n) is 5.71. The predicted molar refractivity (Wildman–Crippen MR) is 126 cm³/mol. The average Bonchev–Trinajstić information content (AvgIpc) is 2.77. The number of anilines is 2. The molecule has 1 atom stereocenters. The highest BCUT2D eigenvalue weighted by Crippen LogP contribution is 2.36. The van der Waals surface area contributed by atoms with Gasteiger partial charge in [0, 0.05) is 49.2 Å². The molecule has 0 saturated heterocycles. The van der Waals surface area contributed by atoms with Gasteiger partial charge in [-0.15, -0.1) is 0 Å². The summed E-state index contributed by atoms with van der Waals surface area (Å²) in [4.78, 5) is 28.8. The lowest BCUT2D eigenvalue weighted by atomic mass is 9.82. The van der Waals surface area contributed by atoms with Gasteiger partial charge in [-0.2, -0.15) is 0 Å². The summed E-state index contributed by atoms with van der Waals surface area (Å²) in [6, 6.07) is 10.9. The number of ketones is 2. The smallest absolute Gasteiger partial charge is 0.196 e. The van der Waals surface area contributed by atoms with Gasteiger partial charge in [-0.25, -0.2) is 0 Å². The number of benzene rings is 2. The van der Waals surface area contributed by atoms with E-state index in [1.54, 1.807) is 31.4 Å². The molecule has 0 radical (unpaired) electrons. The fourth-order valence-electron chi connectivity index (χ4n) is 3.83. The number of hydrogen-bond donors (Lipinski definition) is 2. The summed E-state index contributed by atoms with van der Waals surface area (Å²) in [5, 5.41) is 6.75. The maximum atomic E-state index is 13.4. The van der Waals surface area contributed by atoms with Crippen LogP contribution in [0.3, 0.4) is 0 Å². The highest BCUT2D eigenvalue weighted by atomic mass is 16.5. The fraction of sp³-hybridized carbons (Fsp3) is 0.440. The van der Waals surface area contributed by atoms with Gasteiger partial charge in [0.05, 0.1) is 17.2 Å². The van der Waals surface area contributed by atoms with Crippen molar-refractivity contribution in [2.45, 2.75) is 32.3 Å². The van der Waals surface area contributed by atoms with Gasteiger partial charge in [0.15, 0.2) is 11.6 Å². The molecule has 0 fully saturated rings. The van der Waals surface area contributed by atoms with Crippen LogP contribution in [0.5, 0.6) is 0 Å². The first-order chi connectivity index (χ1) is 14.9. The quantitative estimate of drug-likeness (QED) is 0.454. The van der Waals surface area contributed by atoms with E-state index in [4.69, 9.17) is 4.74 Å². The molecule has 2 N–H and O–H groups in total. The first-order valence-corrected chi connectivity index (χ1v) is 10.9. The molecule has 0 amide bonds. The molecule has 6 heteroatoms. The van der Waals surface area contributed by atoms with E-state index in [0.717, 1.165) is 38.0 Å². The van der Waals surface area contributed by atoms with E-state index in [1.807, 2.05) is 26.2 Å². The second-order valence-corrected chi connectivity index (χ2v) is 8.31. The van der Waals surface area contributed by atoms with Gasteiger partial charge in [0.1, 0.15) is 0 Å². The van der Waals surface area contributed by atoms with Crippen LogP contribution in [0.1, 0.15) is 58.0 Å². The number of nitrogens with zero attached hydrogens (tertiary/aromatic N) is 1. The predicted octanol–water partition coefficient (Wildman–Crippen LogP) is 4.05. The second kappa shape index (κ2) is 10.6. The maximum absolute atomic E-state index is 13.4. The Kier molecular flexibility index (Phi) is 7.82. The Hall–Kier alpha value is -2.70. The molecule has 3 rings (SSSR count). The van der Waals surface area contributed by atoms with Gasteiger partial charge < -0.3 is 20.3 Å². The molecule has 1 unspecified atom stereocenters. The fourth-order valence-corrected chi connectivity index (χ4v) is 3.83. The number of carbonyl (C=O) groups excluding carboxylic acids is 2. The lowest BCUT2D eigenvalue weighted by Crippen LogP contribution is -2.26. The molecule has 166 valence electrons.